The molecule has 1 aromatic rings. The van der Waals surface area contributed by atoms with Gasteiger partial charge in [-0.1, -0.05) is 41.0 Å². The van der Waals surface area contributed by atoms with Gasteiger partial charge in [-0.2, -0.15) is 0 Å². The van der Waals surface area contributed by atoms with Gasteiger partial charge in [-0.25, -0.2) is 0 Å². The molecule has 1 nitrogen and oxygen atoms in total. The van der Waals surface area contributed by atoms with Crippen LogP contribution in [0.4, 0.5) is 0 Å². The Morgan fingerprint density at radius 3 is 2.41 bits per heavy atom. The van der Waals surface area contributed by atoms with Crippen molar-refractivity contribution >= 4 is 11.3 Å². The quantitative estimate of drug-likeness (QED) is 0.599. The van der Waals surface area contributed by atoms with E-state index >= 15 is 0 Å². The van der Waals surface area contributed by atoms with Crippen LogP contribution in [0.25, 0.3) is 0 Å². The standard InChI is InChI=1S/C15H26OS/c1-6-7-8-16-10-13-9-14(11(2)3)17-15(13)12(4)5/h9,11-12H,6-8,10H2,1-5H3. The second kappa shape index (κ2) is 7.17. The Hall–Kier alpha value is -0.340. The Morgan fingerprint density at radius 1 is 1.18 bits per heavy atom. The van der Waals surface area contributed by atoms with E-state index in [9.17, 15) is 0 Å². The molecule has 0 radical (unpaired) electrons. The molecule has 0 amide bonds. The zero-order chi connectivity index (χ0) is 12.8. The van der Waals surface area contributed by atoms with Crippen LogP contribution in [-0.4, -0.2) is 6.61 Å². The highest BCUT2D eigenvalue weighted by Gasteiger charge is 2.13. The largest absolute Gasteiger partial charge is 0.377 e. The van der Waals surface area contributed by atoms with E-state index in [0.717, 1.165) is 19.6 Å². The van der Waals surface area contributed by atoms with Crippen molar-refractivity contribution in [3.05, 3.63) is 21.4 Å². The molecule has 0 saturated carbocycles. The predicted octanol–water partition coefficient (Wildman–Crippen LogP) is 5.31. The fourth-order valence-corrected chi connectivity index (χ4v) is 2.95. The molecule has 0 spiro atoms. The second-order valence-corrected chi connectivity index (χ2v) is 6.37. The minimum absolute atomic E-state index is 0.609. The van der Waals surface area contributed by atoms with Crippen LogP contribution in [-0.2, 0) is 11.3 Å². The minimum atomic E-state index is 0.609. The molecule has 0 aliphatic heterocycles. The maximum atomic E-state index is 5.75. The summed E-state index contributed by atoms with van der Waals surface area (Å²) in [6, 6.07) is 2.34. The van der Waals surface area contributed by atoms with Gasteiger partial charge in [0.1, 0.15) is 0 Å². The zero-order valence-electron chi connectivity index (χ0n) is 11.9. The summed E-state index contributed by atoms with van der Waals surface area (Å²) in [4.78, 5) is 2.99. The number of thiophene rings is 1. The first kappa shape index (κ1) is 14.7. The van der Waals surface area contributed by atoms with Gasteiger partial charge >= 0.3 is 0 Å². The van der Waals surface area contributed by atoms with Crippen molar-refractivity contribution in [1.82, 2.24) is 0 Å². The molecule has 0 fully saturated rings. The molecule has 0 aromatic carbocycles. The molecule has 1 aromatic heterocycles. The van der Waals surface area contributed by atoms with E-state index in [1.807, 2.05) is 11.3 Å². The Labute approximate surface area is 110 Å². The molecule has 1 heterocycles. The van der Waals surface area contributed by atoms with Crippen molar-refractivity contribution in [3.8, 4) is 0 Å². The first-order valence-corrected chi connectivity index (χ1v) is 7.58. The summed E-state index contributed by atoms with van der Waals surface area (Å²) >= 11 is 1.96. The topological polar surface area (TPSA) is 9.23 Å². The SMILES string of the molecule is CCCCOCc1cc(C(C)C)sc1C(C)C. The number of hydrogen-bond donors (Lipinski definition) is 0. The maximum absolute atomic E-state index is 5.75. The molecule has 17 heavy (non-hydrogen) atoms. The fraction of sp³-hybridized carbons (Fsp3) is 0.733. The smallest absolute Gasteiger partial charge is 0.0727 e. The molecule has 0 saturated heterocycles. The summed E-state index contributed by atoms with van der Waals surface area (Å²) in [6.45, 7) is 12.9. The van der Waals surface area contributed by atoms with Crippen molar-refractivity contribution in [1.29, 1.82) is 0 Å². The molecule has 1 rings (SSSR count). The van der Waals surface area contributed by atoms with E-state index in [-0.39, 0.29) is 0 Å². The van der Waals surface area contributed by atoms with Crippen LogP contribution in [0.1, 0.15) is 74.6 Å². The zero-order valence-corrected chi connectivity index (χ0v) is 12.7. The molecule has 2 heteroatoms. The molecule has 0 aliphatic rings. The van der Waals surface area contributed by atoms with E-state index in [2.05, 4.69) is 40.7 Å². The van der Waals surface area contributed by atoms with Crippen molar-refractivity contribution in [2.45, 2.75) is 65.9 Å². The van der Waals surface area contributed by atoms with E-state index in [0.29, 0.717) is 11.8 Å². The first-order valence-electron chi connectivity index (χ1n) is 6.76. The Kier molecular flexibility index (Phi) is 6.21. The van der Waals surface area contributed by atoms with Crippen LogP contribution in [0.2, 0.25) is 0 Å². The molecule has 0 atom stereocenters. The third-order valence-electron chi connectivity index (χ3n) is 2.85. The predicted molar refractivity (Wildman–Crippen MR) is 77.1 cm³/mol. The van der Waals surface area contributed by atoms with Gasteiger partial charge in [0, 0.05) is 16.4 Å². The summed E-state index contributed by atoms with van der Waals surface area (Å²) < 4.78 is 5.75. The number of unbranched alkanes of at least 4 members (excludes halogenated alkanes) is 1. The van der Waals surface area contributed by atoms with Crippen LogP contribution >= 0.6 is 11.3 Å². The van der Waals surface area contributed by atoms with Crippen molar-refractivity contribution in [3.63, 3.8) is 0 Å². The summed E-state index contributed by atoms with van der Waals surface area (Å²) in [6.07, 6.45) is 2.37. The highest BCUT2D eigenvalue weighted by Crippen LogP contribution is 2.33. The lowest BCUT2D eigenvalue weighted by atomic mass is 10.1. The lowest BCUT2D eigenvalue weighted by molar-refractivity contribution is 0.117. The highest BCUT2D eigenvalue weighted by molar-refractivity contribution is 7.12. The van der Waals surface area contributed by atoms with Crippen LogP contribution in [0.3, 0.4) is 0 Å². The van der Waals surface area contributed by atoms with Crippen LogP contribution in [0, 0.1) is 0 Å². The van der Waals surface area contributed by atoms with Gasteiger partial charge in [0.2, 0.25) is 0 Å². The second-order valence-electron chi connectivity index (χ2n) is 5.25. The van der Waals surface area contributed by atoms with Crippen LogP contribution in [0.15, 0.2) is 6.07 Å². The molecule has 0 bridgehead atoms. The number of rotatable bonds is 7. The van der Waals surface area contributed by atoms with Gasteiger partial charge in [0.25, 0.3) is 0 Å². The lowest BCUT2D eigenvalue weighted by Crippen LogP contribution is -1.97. The Balaban J connectivity index is 2.68. The molecule has 0 N–H and O–H groups in total. The first-order chi connectivity index (χ1) is 8.06. The Morgan fingerprint density at radius 2 is 1.88 bits per heavy atom. The molecular weight excluding hydrogens is 228 g/mol. The lowest BCUT2D eigenvalue weighted by Gasteiger charge is -2.07. The van der Waals surface area contributed by atoms with Crippen molar-refractivity contribution in [2.24, 2.45) is 0 Å². The minimum Gasteiger partial charge on any atom is -0.377 e. The monoisotopic (exact) mass is 254 g/mol. The Bertz CT molecular complexity index is 326. The average Bonchev–Trinajstić information content (AvgIpc) is 2.68. The van der Waals surface area contributed by atoms with E-state index in [1.54, 1.807) is 0 Å². The molecule has 0 unspecified atom stereocenters. The third kappa shape index (κ3) is 4.44. The van der Waals surface area contributed by atoms with E-state index in [1.165, 1.54) is 21.7 Å². The van der Waals surface area contributed by atoms with E-state index in [4.69, 9.17) is 4.74 Å². The number of ether oxygens (including phenoxy) is 1. The summed E-state index contributed by atoms with van der Waals surface area (Å²) in [5.41, 5.74) is 1.41. The molecule has 0 aliphatic carbocycles. The normalized spacial score (nSPS) is 11.7. The van der Waals surface area contributed by atoms with E-state index < -0.39 is 0 Å². The summed E-state index contributed by atoms with van der Waals surface area (Å²) in [5.74, 6) is 1.24. The van der Waals surface area contributed by atoms with Crippen LogP contribution < -0.4 is 0 Å². The van der Waals surface area contributed by atoms with Gasteiger partial charge in [0.15, 0.2) is 0 Å². The molecular formula is C15H26OS. The number of hydrogen-bond acceptors (Lipinski definition) is 2. The average molecular weight is 254 g/mol. The summed E-state index contributed by atoms with van der Waals surface area (Å²) in [5, 5.41) is 0. The van der Waals surface area contributed by atoms with Gasteiger partial charge in [-0.05, 0) is 29.9 Å². The van der Waals surface area contributed by atoms with Crippen molar-refractivity contribution < 1.29 is 4.74 Å². The van der Waals surface area contributed by atoms with Gasteiger partial charge in [0.05, 0.1) is 6.61 Å². The molecule has 98 valence electrons. The maximum Gasteiger partial charge on any atom is 0.0727 e. The van der Waals surface area contributed by atoms with Crippen LogP contribution in [0.5, 0.6) is 0 Å². The highest BCUT2D eigenvalue weighted by atomic mass is 32.1. The van der Waals surface area contributed by atoms with Gasteiger partial charge in [-0.3, -0.25) is 0 Å². The summed E-state index contributed by atoms with van der Waals surface area (Å²) in [7, 11) is 0. The fourth-order valence-electron chi connectivity index (χ4n) is 1.78. The van der Waals surface area contributed by atoms with Gasteiger partial charge < -0.3 is 4.74 Å². The van der Waals surface area contributed by atoms with Gasteiger partial charge in [-0.15, -0.1) is 11.3 Å². The van der Waals surface area contributed by atoms with Crippen molar-refractivity contribution in [2.75, 3.05) is 6.61 Å². The third-order valence-corrected chi connectivity index (χ3v) is 4.63.